The second kappa shape index (κ2) is 8.63. The number of nitriles is 1. The Labute approximate surface area is 194 Å². The second-order valence-electron chi connectivity index (χ2n) is 8.07. The molecule has 1 aliphatic rings. The molecule has 0 amide bonds. The lowest BCUT2D eigenvalue weighted by Gasteiger charge is -2.19. The lowest BCUT2D eigenvalue weighted by Crippen LogP contribution is -2.42. The summed E-state index contributed by atoms with van der Waals surface area (Å²) in [7, 11) is -4.44. The fourth-order valence-electron chi connectivity index (χ4n) is 4.24. The smallest absolute Gasteiger partial charge is 0.335 e. The molecule has 0 radical (unpaired) electrons. The molecule has 0 aliphatic heterocycles. The van der Waals surface area contributed by atoms with Crippen molar-refractivity contribution in [2.45, 2.75) is 55.8 Å². The van der Waals surface area contributed by atoms with Crippen molar-refractivity contribution in [3.8, 4) is 17.5 Å². The Bertz CT molecular complexity index is 1340. The lowest BCUT2D eigenvalue weighted by molar-refractivity contribution is -0.147. The number of nitrogens with one attached hydrogen (secondary N) is 1. The number of aromatic nitrogens is 2. The SMILES string of the molecule is C[C@@H](NS(=O)(=O)c1ccc(-c2c(C#N)c3ccc(Cl)cc3n2C2CCCC2)nc1)C(F)(F)F. The van der Waals surface area contributed by atoms with Gasteiger partial charge in [-0.1, -0.05) is 24.4 Å². The van der Waals surface area contributed by atoms with Crippen molar-refractivity contribution in [2.75, 3.05) is 0 Å². The van der Waals surface area contributed by atoms with E-state index in [-0.39, 0.29) is 6.04 Å². The molecule has 33 heavy (non-hydrogen) atoms. The van der Waals surface area contributed by atoms with Gasteiger partial charge in [0.1, 0.15) is 17.0 Å². The van der Waals surface area contributed by atoms with Crippen LogP contribution in [0.25, 0.3) is 22.3 Å². The average Bonchev–Trinajstić information content (AvgIpc) is 3.38. The second-order valence-corrected chi connectivity index (χ2v) is 10.2. The van der Waals surface area contributed by atoms with E-state index in [1.54, 1.807) is 22.9 Å². The van der Waals surface area contributed by atoms with Crippen LogP contribution in [0.15, 0.2) is 41.4 Å². The van der Waals surface area contributed by atoms with Crippen LogP contribution >= 0.6 is 11.6 Å². The number of nitrogens with zero attached hydrogens (tertiary/aromatic N) is 3. The Morgan fingerprint density at radius 3 is 2.52 bits per heavy atom. The molecule has 2 heterocycles. The van der Waals surface area contributed by atoms with E-state index in [0.29, 0.717) is 27.4 Å². The van der Waals surface area contributed by atoms with Crippen molar-refractivity contribution in [1.82, 2.24) is 14.3 Å². The zero-order valence-electron chi connectivity index (χ0n) is 17.5. The minimum atomic E-state index is -4.72. The quantitative estimate of drug-likeness (QED) is 0.500. The third-order valence-corrected chi connectivity index (χ3v) is 7.64. The van der Waals surface area contributed by atoms with E-state index in [2.05, 4.69) is 11.1 Å². The summed E-state index contributed by atoms with van der Waals surface area (Å²) in [4.78, 5) is 3.84. The number of fused-ring (bicyclic) bond motifs is 1. The topological polar surface area (TPSA) is 87.8 Å². The first-order chi connectivity index (χ1) is 15.5. The molecule has 0 saturated heterocycles. The summed E-state index contributed by atoms with van der Waals surface area (Å²) in [6, 6.07) is 7.97. The van der Waals surface area contributed by atoms with Crippen molar-refractivity contribution in [3.63, 3.8) is 0 Å². The van der Waals surface area contributed by atoms with E-state index in [9.17, 15) is 26.9 Å². The molecule has 4 rings (SSSR count). The molecule has 6 nitrogen and oxygen atoms in total. The summed E-state index contributed by atoms with van der Waals surface area (Å²) in [5, 5.41) is 11.2. The van der Waals surface area contributed by atoms with Gasteiger partial charge < -0.3 is 4.57 Å². The summed E-state index contributed by atoms with van der Waals surface area (Å²) in [6.07, 6.45) is 0.205. The average molecular weight is 497 g/mol. The standard InChI is InChI=1S/C22H20ClF3N4O2S/c1-13(22(24,25)26)29-33(31,32)16-7-9-19(28-12-16)21-18(11-27)17-8-6-14(23)10-20(17)30(21)15-4-2-3-5-15/h6-10,12-13,15,29H,2-5H2,1H3/t13-/m1/s1. The number of rotatable bonds is 5. The van der Waals surface area contributed by atoms with Crippen LogP contribution < -0.4 is 4.72 Å². The summed E-state index contributed by atoms with van der Waals surface area (Å²) in [5.41, 5.74) is 2.08. The summed E-state index contributed by atoms with van der Waals surface area (Å²) in [5.74, 6) is 0. The Kier molecular flexibility index (Phi) is 6.16. The van der Waals surface area contributed by atoms with Crippen molar-refractivity contribution >= 4 is 32.5 Å². The van der Waals surface area contributed by atoms with Crippen LogP contribution in [0.5, 0.6) is 0 Å². The van der Waals surface area contributed by atoms with Gasteiger partial charge in [-0.25, -0.2) is 8.42 Å². The van der Waals surface area contributed by atoms with E-state index in [0.717, 1.165) is 44.3 Å². The highest BCUT2D eigenvalue weighted by atomic mass is 35.5. The van der Waals surface area contributed by atoms with E-state index in [1.807, 2.05) is 4.57 Å². The van der Waals surface area contributed by atoms with E-state index in [4.69, 9.17) is 11.6 Å². The monoisotopic (exact) mass is 496 g/mol. The van der Waals surface area contributed by atoms with Gasteiger partial charge >= 0.3 is 6.18 Å². The van der Waals surface area contributed by atoms with Crippen LogP contribution in [0.4, 0.5) is 13.2 Å². The Balaban J connectivity index is 1.81. The Morgan fingerprint density at radius 1 is 1.24 bits per heavy atom. The normalized spacial score (nSPS) is 16.2. The molecule has 1 atom stereocenters. The van der Waals surface area contributed by atoms with Gasteiger partial charge in [0.25, 0.3) is 0 Å². The van der Waals surface area contributed by atoms with Gasteiger partial charge in [0.15, 0.2) is 0 Å². The van der Waals surface area contributed by atoms with Crippen LogP contribution in [0.1, 0.15) is 44.2 Å². The molecule has 2 aromatic heterocycles. The third-order valence-electron chi connectivity index (χ3n) is 5.88. The largest absolute Gasteiger partial charge is 0.404 e. The zero-order valence-corrected chi connectivity index (χ0v) is 19.1. The van der Waals surface area contributed by atoms with Gasteiger partial charge in [-0.15, -0.1) is 0 Å². The highest BCUT2D eigenvalue weighted by molar-refractivity contribution is 7.89. The van der Waals surface area contributed by atoms with E-state index in [1.165, 1.54) is 12.1 Å². The van der Waals surface area contributed by atoms with Gasteiger partial charge in [0, 0.05) is 22.6 Å². The molecule has 0 spiro atoms. The molecular weight excluding hydrogens is 477 g/mol. The van der Waals surface area contributed by atoms with E-state index < -0.39 is 27.1 Å². The maximum absolute atomic E-state index is 12.8. The van der Waals surface area contributed by atoms with Gasteiger partial charge in [-0.05, 0) is 50.1 Å². The fraction of sp³-hybridized carbons (Fsp3) is 0.364. The van der Waals surface area contributed by atoms with E-state index >= 15 is 0 Å². The molecule has 1 saturated carbocycles. The first-order valence-electron chi connectivity index (χ1n) is 10.3. The van der Waals surface area contributed by atoms with Crippen LogP contribution in [-0.2, 0) is 10.0 Å². The minimum Gasteiger partial charge on any atom is -0.335 e. The number of sulfonamides is 1. The molecule has 0 bridgehead atoms. The summed E-state index contributed by atoms with van der Waals surface area (Å²) >= 11 is 6.23. The highest BCUT2D eigenvalue weighted by Crippen LogP contribution is 2.41. The van der Waals surface area contributed by atoms with Gasteiger partial charge in [-0.2, -0.15) is 23.2 Å². The summed E-state index contributed by atoms with van der Waals surface area (Å²) in [6.45, 7) is 0.726. The minimum absolute atomic E-state index is 0.127. The molecule has 11 heteroatoms. The molecule has 1 fully saturated rings. The molecular formula is C22H20ClF3N4O2S. The van der Waals surface area contributed by atoms with Crippen LogP contribution in [0.2, 0.25) is 5.02 Å². The predicted molar refractivity (Wildman–Crippen MR) is 118 cm³/mol. The van der Waals surface area contributed by atoms with Crippen molar-refractivity contribution < 1.29 is 21.6 Å². The third kappa shape index (κ3) is 4.45. The summed E-state index contributed by atoms with van der Waals surface area (Å²) < 4.78 is 66.8. The van der Waals surface area contributed by atoms with Crippen LogP contribution in [-0.4, -0.2) is 30.2 Å². The number of pyridine rings is 1. The number of halogens is 4. The fourth-order valence-corrected chi connectivity index (χ4v) is 5.58. The Hall–Kier alpha value is -2.61. The first-order valence-corrected chi connectivity index (χ1v) is 12.2. The Morgan fingerprint density at radius 2 is 1.94 bits per heavy atom. The van der Waals surface area contributed by atoms with Crippen molar-refractivity contribution in [1.29, 1.82) is 5.26 Å². The number of hydrogen-bond acceptors (Lipinski definition) is 4. The number of benzene rings is 1. The molecule has 1 aromatic carbocycles. The number of hydrogen-bond donors (Lipinski definition) is 1. The first kappa shape index (κ1) is 23.5. The van der Waals surface area contributed by atoms with Crippen LogP contribution in [0, 0.1) is 11.3 Å². The van der Waals surface area contributed by atoms with Gasteiger partial charge in [0.05, 0.1) is 22.5 Å². The molecule has 1 aliphatic carbocycles. The zero-order chi connectivity index (χ0) is 24.0. The predicted octanol–water partition coefficient (Wildman–Crippen LogP) is 5.57. The van der Waals surface area contributed by atoms with Crippen molar-refractivity contribution in [2.24, 2.45) is 0 Å². The highest BCUT2D eigenvalue weighted by Gasteiger charge is 2.39. The van der Waals surface area contributed by atoms with Crippen LogP contribution in [0.3, 0.4) is 0 Å². The maximum Gasteiger partial charge on any atom is 0.404 e. The number of alkyl halides is 3. The molecule has 174 valence electrons. The van der Waals surface area contributed by atoms with Gasteiger partial charge in [-0.3, -0.25) is 4.98 Å². The maximum atomic E-state index is 12.8. The lowest BCUT2D eigenvalue weighted by atomic mass is 10.1. The van der Waals surface area contributed by atoms with Gasteiger partial charge in [0.2, 0.25) is 10.0 Å². The molecule has 3 aromatic rings. The molecule has 1 N–H and O–H groups in total. The van der Waals surface area contributed by atoms with Crippen molar-refractivity contribution in [3.05, 3.63) is 47.1 Å². The molecule has 0 unspecified atom stereocenters.